The molecular weight excluding hydrogens is 259 g/mol. The monoisotopic (exact) mass is 274 g/mol. The summed E-state index contributed by atoms with van der Waals surface area (Å²) < 4.78 is 13.1. The molecule has 104 valence electrons. The molecule has 0 radical (unpaired) electrons. The minimum atomic E-state index is -0.419. The lowest BCUT2D eigenvalue weighted by molar-refractivity contribution is -0.384. The number of nitro benzene ring substituents is 1. The number of anilines is 1. The zero-order chi connectivity index (χ0) is 14.5. The van der Waals surface area contributed by atoms with Crippen molar-refractivity contribution >= 4 is 11.4 Å². The smallest absolute Gasteiger partial charge is 0.292 e. The number of hydrogen-bond donors (Lipinski definition) is 1. The summed E-state index contributed by atoms with van der Waals surface area (Å²) in [5, 5.41) is 14.0. The third-order valence-corrected chi connectivity index (χ3v) is 2.93. The molecule has 0 bridgehead atoms. The zero-order valence-electron chi connectivity index (χ0n) is 11.0. The summed E-state index contributed by atoms with van der Waals surface area (Å²) in [6.45, 7) is 1.90. The molecule has 0 spiro atoms. The van der Waals surface area contributed by atoms with Crippen LogP contribution in [0, 0.1) is 15.9 Å². The van der Waals surface area contributed by atoms with Crippen LogP contribution in [0.25, 0.3) is 0 Å². The number of hydrogen-bond acceptors (Lipinski definition) is 3. The summed E-state index contributed by atoms with van der Waals surface area (Å²) in [4.78, 5) is 10.5. The van der Waals surface area contributed by atoms with E-state index in [1.807, 2.05) is 13.0 Å². The molecule has 1 atom stereocenters. The van der Waals surface area contributed by atoms with E-state index in [-0.39, 0.29) is 17.5 Å². The standard InChI is InChI=1S/C15H15FN2O2/c1-11(9-12-5-4-6-13(16)10-12)17-14-7-2-3-8-15(14)18(19)20/h2-8,10-11,17H,9H2,1H3. The molecule has 2 aromatic carbocycles. The van der Waals surface area contributed by atoms with E-state index < -0.39 is 4.92 Å². The van der Waals surface area contributed by atoms with E-state index in [4.69, 9.17) is 0 Å². The molecule has 0 aromatic heterocycles. The highest BCUT2D eigenvalue weighted by atomic mass is 19.1. The molecular formula is C15H15FN2O2. The first-order valence-corrected chi connectivity index (χ1v) is 6.30. The van der Waals surface area contributed by atoms with Crippen LogP contribution in [0.4, 0.5) is 15.8 Å². The Morgan fingerprint density at radius 1 is 1.25 bits per heavy atom. The molecule has 0 amide bonds. The Bertz CT molecular complexity index is 616. The normalized spacial score (nSPS) is 11.9. The predicted octanol–water partition coefficient (Wildman–Crippen LogP) is 3.78. The van der Waals surface area contributed by atoms with E-state index in [1.165, 1.54) is 18.2 Å². The maximum absolute atomic E-state index is 13.1. The van der Waals surface area contributed by atoms with E-state index in [0.29, 0.717) is 12.1 Å². The fraction of sp³-hybridized carbons (Fsp3) is 0.200. The van der Waals surface area contributed by atoms with Crippen molar-refractivity contribution in [2.75, 3.05) is 5.32 Å². The highest BCUT2D eigenvalue weighted by Gasteiger charge is 2.14. The van der Waals surface area contributed by atoms with Crippen molar-refractivity contribution in [3.63, 3.8) is 0 Å². The minimum Gasteiger partial charge on any atom is -0.377 e. The fourth-order valence-corrected chi connectivity index (χ4v) is 2.09. The molecule has 0 saturated heterocycles. The molecule has 2 rings (SSSR count). The van der Waals surface area contributed by atoms with Gasteiger partial charge in [-0.3, -0.25) is 10.1 Å². The largest absolute Gasteiger partial charge is 0.377 e. The summed E-state index contributed by atoms with van der Waals surface area (Å²) in [5.41, 5.74) is 1.36. The van der Waals surface area contributed by atoms with Gasteiger partial charge in [0.1, 0.15) is 11.5 Å². The van der Waals surface area contributed by atoms with Gasteiger partial charge in [-0.15, -0.1) is 0 Å². The third-order valence-electron chi connectivity index (χ3n) is 2.93. The van der Waals surface area contributed by atoms with Crippen LogP contribution < -0.4 is 5.32 Å². The second-order valence-electron chi connectivity index (χ2n) is 4.65. The number of benzene rings is 2. The van der Waals surface area contributed by atoms with Crippen LogP contribution in [0.1, 0.15) is 12.5 Å². The first-order valence-electron chi connectivity index (χ1n) is 6.30. The lowest BCUT2D eigenvalue weighted by Gasteiger charge is -2.15. The van der Waals surface area contributed by atoms with Crippen LogP contribution >= 0.6 is 0 Å². The highest BCUT2D eigenvalue weighted by molar-refractivity contribution is 5.61. The van der Waals surface area contributed by atoms with Gasteiger partial charge in [-0.05, 0) is 37.1 Å². The van der Waals surface area contributed by atoms with E-state index in [1.54, 1.807) is 24.3 Å². The number of nitro groups is 1. The molecule has 1 unspecified atom stereocenters. The number of rotatable bonds is 5. The van der Waals surface area contributed by atoms with Gasteiger partial charge in [-0.2, -0.15) is 0 Å². The Labute approximate surface area is 116 Å². The molecule has 4 nitrogen and oxygen atoms in total. The average Bonchev–Trinajstić information content (AvgIpc) is 2.38. The molecule has 1 N–H and O–H groups in total. The van der Waals surface area contributed by atoms with Crippen LogP contribution in [-0.4, -0.2) is 11.0 Å². The quantitative estimate of drug-likeness (QED) is 0.667. The first kappa shape index (κ1) is 14.0. The van der Waals surface area contributed by atoms with Crippen LogP contribution in [0.2, 0.25) is 0 Å². The molecule has 5 heteroatoms. The van der Waals surface area contributed by atoms with Crippen molar-refractivity contribution in [1.29, 1.82) is 0 Å². The van der Waals surface area contributed by atoms with Gasteiger partial charge < -0.3 is 5.32 Å². The van der Waals surface area contributed by atoms with Crippen LogP contribution in [0.3, 0.4) is 0 Å². The van der Waals surface area contributed by atoms with E-state index in [9.17, 15) is 14.5 Å². The van der Waals surface area contributed by atoms with Crippen molar-refractivity contribution in [2.45, 2.75) is 19.4 Å². The van der Waals surface area contributed by atoms with Gasteiger partial charge in [0.25, 0.3) is 5.69 Å². The maximum Gasteiger partial charge on any atom is 0.292 e. The van der Waals surface area contributed by atoms with Gasteiger partial charge in [0.15, 0.2) is 0 Å². The molecule has 0 aliphatic heterocycles. The Kier molecular flexibility index (Phi) is 4.30. The minimum absolute atomic E-state index is 0.0404. The molecule has 0 aliphatic rings. The number of halogens is 1. The predicted molar refractivity (Wildman–Crippen MR) is 76.3 cm³/mol. The van der Waals surface area contributed by atoms with Crippen molar-refractivity contribution in [3.8, 4) is 0 Å². The Morgan fingerprint density at radius 3 is 2.70 bits per heavy atom. The fourth-order valence-electron chi connectivity index (χ4n) is 2.09. The summed E-state index contributed by atoms with van der Waals surface area (Å²) in [6.07, 6.45) is 0.587. The topological polar surface area (TPSA) is 55.2 Å². The van der Waals surface area contributed by atoms with E-state index in [0.717, 1.165) is 5.56 Å². The summed E-state index contributed by atoms with van der Waals surface area (Å²) in [5.74, 6) is -0.277. The van der Waals surface area contributed by atoms with Gasteiger partial charge in [0.2, 0.25) is 0 Å². The SMILES string of the molecule is CC(Cc1cccc(F)c1)Nc1ccccc1[N+](=O)[O-]. The van der Waals surface area contributed by atoms with E-state index >= 15 is 0 Å². The van der Waals surface area contributed by atoms with Gasteiger partial charge in [0, 0.05) is 12.1 Å². The van der Waals surface area contributed by atoms with Crippen molar-refractivity contribution < 1.29 is 9.31 Å². The molecule has 0 heterocycles. The first-order chi connectivity index (χ1) is 9.56. The van der Waals surface area contributed by atoms with Gasteiger partial charge in [-0.1, -0.05) is 24.3 Å². The second-order valence-corrected chi connectivity index (χ2v) is 4.65. The third kappa shape index (κ3) is 3.54. The number of nitrogens with one attached hydrogen (secondary N) is 1. The highest BCUT2D eigenvalue weighted by Crippen LogP contribution is 2.24. The molecule has 20 heavy (non-hydrogen) atoms. The molecule has 0 saturated carbocycles. The molecule has 2 aromatic rings. The lowest BCUT2D eigenvalue weighted by atomic mass is 10.1. The Hall–Kier alpha value is -2.43. The Morgan fingerprint density at radius 2 is 2.00 bits per heavy atom. The summed E-state index contributed by atoms with van der Waals surface area (Å²) in [7, 11) is 0. The number of nitrogens with zero attached hydrogens (tertiary/aromatic N) is 1. The van der Waals surface area contributed by atoms with Crippen molar-refractivity contribution in [2.24, 2.45) is 0 Å². The molecule has 0 aliphatic carbocycles. The van der Waals surface area contributed by atoms with Gasteiger partial charge in [-0.25, -0.2) is 4.39 Å². The Balaban J connectivity index is 2.08. The van der Waals surface area contributed by atoms with Gasteiger partial charge in [0.05, 0.1) is 4.92 Å². The number of para-hydroxylation sites is 2. The van der Waals surface area contributed by atoms with Crippen molar-refractivity contribution in [3.05, 3.63) is 70.0 Å². The zero-order valence-corrected chi connectivity index (χ0v) is 11.0. The average molecular weight is 274 g/mol. The maximum atomic E-state index is 13.1. The van der Waals surface area contributed by atoms with Gasteiger partial charge >= 0.3 is 0 Å². The second kappa shape index (κ2) is 6.14. The lowest BCUT2D eigenvalue weighted by Crippen LogP contribution is -2.18. The van der Waals surface area contributed by atoms with E-state index in [2.05, 4.69) is 5.32 Å². The summed E-state index contributed by atoms with van der Waals surface area (Å²) >= 11 is 0. The summed E-state index contributed by atoms with van der Waals surface area (Å²) in [6, 6.07) is 12.8. The van der Waals surface area contributed by atoms with Crippen LogP contribution in [-0.2, 0) is 6.42 Å². The van der Waals surface area contributed by atoms with Crippen molar-refractivity contribution in [1.82, 2.24) is 0 Å². The van der Waals surface area contributed by atoms with Crippen LogP contribution in [0.5, 0.6) is 0 Å². The van der Waals surface area contributed by atoms with Crippen LogP contribution in [0.15, 0.2) is 48.5 Å². The molecule has 0 fully saturated rings.